The molecule has 0 radical (unpaired) electrons. The first-order chi connectivity index (χ1) is 14.5. The molecule has 1 aliphatic heterocycles. The van der Waals surface area contributed by atoms with Crippen LogP contribution < -0.4 is 19.7 Å². The van der Waals surface area contributed by atoms with Crippen molar-refractivity contribution in [2.75, 3.05) is 51.3 Å². The van der Waals surface area contributed by atoms with Gasteiger partial charge in [0.2, 0.25) is 0 Å². The number of methoxy groups -OCH3 is 1. The van der Waals surface area contributed by atoms with Gasteiger partial charge < -0.3 is 19.7 Å². The normalized spacial score (nSPS) is 15.5. The molecule has 1 saturated heterocycles. The maximum absolute atomic E-state index is 12.7. The van der Waals surface area contributed by atoms with E-state index in [1.54, 1.807) is 12.1 Å². The number of carbonyl (C=O) groups excluding carboxylic acids is 1. The molecule has 162 valence electrons. The van der Waals surface area contributed by atoms with E-state index in [1.807, 2.05) is 38.2 Å². The molecule has 3 rings (SSSR count). The molecular formula is C22H29ClN4O3. The van der Waals surface area contributed by atoms with Crippen molar-refractivity contribution in [3.05, 3.63) is 47.1 Å². The van der Waals surface area contributed by atoms with Gasteiger partial charge in [-0.05, 0) is 38.1 Å². The van der Waals surface area contributed by atoms with Crippen molar-refractivity contribution in [2.45, 2.75) is 19.9 Å². The molecule has 1 N–H and O–H groups in total. The average Bonchev–Trinajstić information content (AvgIpc) is 2.76. The molecule has 2 aromatic rings. The van der Waals surface area contributed by atoms with Crippen molar-refractivity contribution in [3.63, 3.8) is 0 Å². The van der Waals surface area contributed by atoms with E-state index in [0.29, 0.717) is 28.7 Å². The summed E-state index contributed by atoms with van der Waals surface area (Å²) in [6.07, 6.45) is 1.82. The third-order valence-corrected chi connectivity index (χ3v) is 5.32. The fraction of sp³-hybridized carbons (Fsp3) is 0.455. The lowest BCUT2D eigenvalue weighted by atomic mass is 10.1. The van der Waals surface area contributed by atoms with E-state index in [4.69, 9.17) is 21.1 Å². The molecule has 30 heavy (non-hydrogen) atoms. The standard InChI is InChI=1S/C22H29ClN4O3/c1-4-30-21-18(23)13-17(14-19(21)29-3)22(28)25-16(2)15-26-9-11-27(12-10-26)20-7-5-6-8-24-20/h5-8,13-14,16H,4,9-12,15H2,1-3H3,(H,25,28). The van der Waals surface area contributed by atoms with Crippen molar-refractivity contribution >= 4 is 23.3 Å². The lowest BCUT2D eigenvalue weighted by molar-refractivity contribution is 0.0927. The summed E-state index contributed by atoms with van der Waals surface area (Å²) in [6.45, 7) is 8.83. The monoisotopic (exact) mass is 432 g/mol. The Morgan fingerprint density at radius 3 is 2.67 bits per heavy atom. The second-order valence-electron chi connectivity index (χ2n) is 7.27. The van der Waals surface area contributed by atoms with Crippen molar-refractivity contribution < 1.29 is 14.3 Å². The van der Waals surface area contributed by atoms with Gasteiger partial charge >= 0.3 is 0 Å². The average molecular weight is 433 g/mol. The van der Waals surface area contributed by atoms with Crippen LogP contribution in [0.15, 0.2) is 36.5 Å². The zero-order chi connectivity index (χ0) is 21.5. The van der Waals surface area contributed by atoms with Crippen LogP contribution >= 0.6 is 11.6 Å². The molecule has 1 aromatic carbocycles. The van der Waals surface area contributed by atoms with Gasteiger partial charge in [0.25, 0.3) is 5.91 Å². The van der Waals surface area contributed by atoms with Crippen molar-refractivity contribution in [1.29, 1.82) is 0 Å². The van der Waals surface area contributed by atoms with Gasteiger partial charge in [0.1, 0.15) is 5.82 Å². The number of benzene rings is 1. The van der Waals surface area contributed by atoms with Gasteiger partial charge in [-0.1, -0.05) is 17.7 Å². The number of aromatic nitrogens is 1. The number of ether oxygens (including phenoxy) is 2. The Morgan fingerprint density at radius 1 is 1.27 bits per heavy atom. The second-order valence-corrected chi connectivity index (χ2v) is 7.68. The van der Waals surface area contributed by atoms with Crippen molar-refractivity contribution in [2.24, 2.45) is 0 Å². The number of piperazine rings is 1. The van der Waals surface area contributed by atoms with Gasteiger partial charge in [0.05, 0.1) is 18.7 Å². The fourth-order valence-corrected chi connectivity index (χ4v) is 3.84. The van der Waals surface area contributed by atoms with Gasteiger partial charge in [-0.25, -0.2) is 4.98 Å². The summed E-state index contributed by atoms with van der Waals surface area (Å²) in [7, 11) is 1.53. The highest BCUT2D eigenvalue weighted by Gasteiger charge is 2.21. The lowest BCUT2D eigenvalue weighted by Crippen LogP contribution is -2.51. The Morgan fingerprint density at radius 2 is 2.03 bits per heavy atom. The van der Waals surface area contributed by atoms with Crippen LogP contribution in [0.2, 0.25) is 5.02 Å². The van der Waals surface area contributed by atoms with Crippen LogP contribution in [0.5, 0.6) is 11.5 Å². The largest absolute Gasteiger partial charge is 0.493 e. The third-order valence-electron chi connectivity index (χ3n) is 5.04. The van der Waals surface area contributed by atoms with E-state index >= 15 is 0 Å². The Balaban J connectivity index is 1.53. The number of hydrogen-bond donors (Lipinski definition) is 1. The molecule has 1 atom stereocenters. The van der Waals surface area contributed by atoms with E-state index in [9.17, 15) is 4.79 Å². The molecular weight excluding hydrogens is 404 g/mol. The van der Waals surface area contributed by atoms with Crippen LogP contribution in [0.25, 0.3) is 0 Å². The third kappa shape index (κ3) is 5.55. The van der Waals surface area contributed by atoms with Crippen molar-refractivity contribution in [3.8, 4) is 11.5 Å². The highest BCUT2D eigenvalue weighted by atomic mass is 35.5. The summed E-state index contributed by atoms with van der Waals surface area (Å²) in [5.41, 5.74) is 0.451. The minimum absolute atomic E-state index is 0.00441. The van der Waals surface area contributed by atoms with E-state index in [2.05, 4.69) is 20.1 Å². The van der Waals surface area contributed by atoms with E-state index in [1.165, 1.54) is 7.11 Å². The molecule has 1 aromatic heterocycles. The molecule has 1 unspecified atom stereocenters. The quantitative estimate of drug-likeness (QED) is 0.691. The Kier molecular flexibility index (Phi) is 7.76. The first-order valence-corrected chi connectivity index (χ1v) is 10.6. The van der Waals surface area contributed by atoms with Gasteiger partial charge in [0, 0.05) is 50.5 Å². The topological polar surface area (TPSA) is 66.9 Å². The SMILES string of the molecule is CCOc1c(Cl)cc(C(=O)NC(C)CN2CCN(c3ccccn3)CC2)cc1OC. The number of halogens is 1. The number of nitrogens with zero attached hydrogens (tertiary/aromatic N) is 3. The maximum atomic E-state index is 12.7. The zero-order valence-corrected chi connectivity index (χ0v) is 18.5. The summed E-state index contributed by atoms with van der Waals surface area (Å²) in [5, 5.41) is 3.42. The summed E-state index contributed by atoms with van der Waals surface area (Å²) in [5.74, 6) is 1.74. The number of pyridine rings is 1. The number of amides is 1. The highest BCUT2D eigenvalue weighted by Crippen LogP contribution is 2.36. The Bertz CT molecular complexity index is 842. The summed E-state index contributed by atoms with van der Waals surface area (Å²) >= 11 is 6.29. The van der Waals surface area contributed by atoms with E-state index in [-0.39, 0.29) is 11.9 Å². The second kappa shape index (κ2) is 10.5. The predicted octanol–water partition coefficient (Wildman–Crippen LogP) is 3.08. The molecule has 7 nitrogen and oxygen atoms in total. The van der Waals surface area contributed by atoms with E-state index in [0.717, 1.165) is 38.5 Å². The summed E-state index contributed by atoms with van der Waals surface area (Å²) in [4.78, 5) is 21.8. The number of hydrogen-bond acceptors (Lipinski definition) is 6. The molecule has 8 heteroatoms. The Labute approximate surface area is 182 Å². The summed E-state index contributed by atoms with van der Waals surface area (Å²) in [6, 6.07) is 9.24. The van der Waals surface area contributed by atoms with Gasteiger partial charge in [-0.15, -0.1) is 0 Å². The van der Waals surface area contributed by atoms with Crippen LogP contribution in [-0.2, 0) is 0 Å². The van der Waals surface area contributed by atoms with Crippen LogP contribution in [-0.4, -0.2) is 68.3 Å². The molecule has 1 amide bonds. The molecule has 1 fully saturated rings. The first-order valence-electron chi connectivity index (χ1n) is 10.2. The highest BCUT2D eigenvalue weighted by molar-refractivity contribution is 6.32. The van der Waals surface area contributed by atoms with Gasteiger partial charge in [0.15, 0.2) is 11.5 Å². The minimum atomic E-state index is -0.183. The first kappa shape index (κ1) is 22.2. The Hall–Kier alpha value is -2.51. The molecule has 0 aliphatic carbocycles. The van der Waals surface area contributed by atoms with Crippen LogP contribution in [0, 0.1) is 0 Å². The molecule has 2 heterocycles. The molecule has 0 spiro atoms. The molecule has 0 saturated carbocycles. The van der Waals surface area contributed by atoms with Crippen molar-refractivity contribution in [1.82, 2.24) is 15.2 Å². The van der Waals surface area contributed by atoms with Gasteiger partial charge in [-0.2, -0.15) is 0 Å². The van der Waals surface area contributed by atoms with Crippen LogP contribution in [0.4, 0.5) is 5.82 Å². The summed E-state index contributed by atoms with van der Waals surface area (Å²) < 4.78 is 10.8. The molecule has 1 aliphatic rings. The van der Waals surface area contributed by atoms with Crippen LogP contribution in [0.3, 0.4) is 0 Å². The smallest absolute Gasteiger partial charge is 0.251 e. The number of carbonyl (C=O) groups is 1. The number of rotatable bonds is 8. The predicted molar refractivity (Wildman–Crippen MR) is 119 cm³/mol. The number of anilines is 1. The van der Waals surface area contributed by atoms with Crippen LogP contribution in [0.1, 0.15) is 24.2 Å². The van der Waals surface area contributed by atoms with Gasteiger partial charge in [-0.3, -0.25) is 9.69 Å². The number of nitrogens with one attached hydrogen (secondary N) is 1. The minimum Gasteiger partial charge on any atom is -0.493 e. The molecule has 0 bridgehead atoms. The fourth-order valence-electron chi connectivity index (χ4n) is 3.58. The van der Waals surface area contributed by atoms with E-state index < -0.39 is 0 Å². The lowest BCUT2D eigenvalue weighted by Gasteiger charge is -2.36. The maximum Gasteiger partial charge on any atom is 0.251 e. The zero-order valence-electron chi connectivity index (χ0n) is 17.7.